The van der Waals surface area contributed by atoms with E-state index in [0.717, 1.165) is 60.8 Å². The van der Waals surface area contributed by atoms with E-state index in [9.17, 15) is 28.8 Å². The minimum Gasteiger partial charge on any atom is -0.457 e. The summed E-state index contributed by atoms with van der Waals surface area (Å²) >= 11 is 0. The quantitative estimate of drug-likeness (QED) is 0.0534. The van der Waals surface area contributed by atoms with Gasteiger partial charge in [-0.25, -0.2) is 9.80 Å². The largest absolute Gasteiger partial charge is 0.457 e. The third kappa shape index (κ3) is 13.0. The smallest absolute Gasteiger partial charge is 0.265 e. The van der Waals surface area contributed by atoms with Gasteiger partial charge >= 0.3 is 0 Å². The van der Waals surface area contributed by atoms with Crippen molar-refractivity contribution in [1.29, 1.82) is 0 Å². The number of nitrogens with zero attached hydrogens (tertiary/aromatic N) is 2. The fraction of sp³-hybridized carbons (Fsp3) is 0.0824. The second-order valence-electron chi connectivity index (χ2n) is 24.2. The number of carbonyl (C=O) groups excluding carboxylic acids is 6. The summed E-state index contributed by atoms with van der Waals surface area (Å²) in [5, 5.41) is 0. The van der Waals surface area contributed by atoms with Crippen LogP contribution in [0.1, 0.15) is 126 Å². The summed E-state index contributed by atoms with van der Waals surface area (Å²) in [5.41, 5.74) is 14.5. The van der Waals surface area contributed by atoms with Crippen LogP contribution in [0, 0.1) is 6.92 Å². The number of ether oxygens (including phenoxy) is 4. The van der Waals surface area contributed by atoms with Crippen molar-refractivity contribution in [1.82, 2.24) is 0 Å². The molecule has 12 heteroatoms. The molecule has 0 saturated carbocycles. The van der Waals surface area contributed by atoms with Crippen molar-refractivity contribution in [2.45, 2.75) is 46.5 Å². The molecule has 0 atom stereocenters. The Hall–Kier alpha value is -12.5. The highest BCUT2D eigenvalue weighted by Gasteiger charge is 2.30. The maximum Gasteiger partial charge on any atom is 0.265 e. The van der Waals surface area contributed by atoms with Gasteiger partial charge in [0.2, 0.25) is 12.3 Å². The number of hydrogen-bond donors (Lipinski definition) is 0. The predicted molar refractivity (Wildman–Crippen MR) is 380 cm³/mol. The lowest BCUT2D eigenvalue weighted by molar-refractivity contribution is -0.116. The molecule has 0 aliphatic heterocycles. The van der Waals surface area contributed by atoms with Gasteiger partial charge in [-0.1, -0.05) is 118 Å². The molecule has 0 fully saturated rings. The number of rotatable bonds is 20. The number of carbonyl (C=O) groups is 6. The van der Waals surface area contributed by atoms with E-state index in [1.807, 2.05) is 110 Å². The van der Waals surface area contributed by atoms with E-state index in [1.54, 1.807) is 146 Å². The number of fused-ring (bicyclic) bond motifs is 5. The third-order valence-corrected chi connectivity index (χ3v) is 17.6. The topological polar surface area (TPSA) is 146 Å². The maximum absolute atomic E-state index is 14.0. The summed E-state index contributed by atoms with van der Waals surface area (Å²) in [5.74, 6) is 2.31. The molecule has 0 radical (unpaired) electrons. The number of amides is 4. The van der Waals surface area contributed by atoms with Gasteiger partial charge in [-0.05, 0) is 251 Å². The molecule has 10 aromatic carbocycles. The summed E-state index contributed by atoms with van der Waals surface area (Å²) in [4.78, 5) is 82.5. The van der Waals surface area contributed by atoms with Crippen molar-refractivity contribution in [3.05, 3.63) is 346 Å². The Morgan fingerprint density at radius 2 is 0.918 bits per heavy atom. The Balaban J connectivity index is 0.584. The van der Waals surface area contributed by atoms with Gasteiger partial charge in [-0.15, -0.1) is 0 Å². The van der Waals surface area contributed by atoms with Crippen molar-refractivity contribution in [3.8, 4) is 46.0 Å². The molecule has 4 amide bonds. The molecule has 0 unspecified atom stereocenters. The first-order valence-electron chi connectivity index (χ1n) is 31.7. The summed E-state index contributed by atoms with van der Waals surface area (Å²) < 4.78 is 24.7. The van der Waals surface area contributed by atoms with Crippen molar-refractivity contribution in [2.75, 3.05) is 9.80 Å². The summed E-state index contributed by atoms with van der Waals surface area (Å²) in [6.07, 6.45) is 15.8. The average molecular weight is 1270 g/mol. The van der Waals surface area contributed by atoms with E-state index >= 15 is 0 Å². The molecule has 12 nitrogen and oxygen atoms in total. The van der Waals surface area contributed by atoms with Crippen molar-refractivity contribution < 1.29 is 47.7 Å². The molecule has 0 spiro atoms. The van der Waals surface area contributed by atoms with E-state index in [2.05, 4.69) is 44.7 Å². The van der Waals surface area contributed by atoms with Crippen LogP contribution < -0.4 is 28.7 Å². The lowest BCUT2D eigenvalue weighted by Crippen LogP contribution is -2.35. The zero-order valence-corrected chi connectivity index (χ0v) is 53.9. The molecule has 3 aliphatic rings. The van der Waals surface area contributed by atoms with Crippen LogP contribution in [0.3, 0.4) is 0 Å². The molecule has 3 aliphatic carbocycles. The SMILES string of the molecule is C=C1/C(=C\C=C/C)c2ccc(C(=O)c3ccc(Oc4ccc(N(C=O)C(=O)c5cc(Oc6ccc(C(C)(C)c7ccc(Oc8ccc(C(=O)N(C(C)=O)c9ccc(Oc%10ccc(C(=O)c%11ccc%12c(c%11)C%11=CC=CCC=C%11%12)cc%10)cc9)cc8)cc7)cc6)ccc5C)cc4)cc3)cc21. The summed E-state index contributed by atoms with van der Waals surface area (Å²) in [6.45, 7) is 13.5. The minimum absolute atomic E-state index is 0.0814. The van der Waals surface area contributed by atoms with Crippen LogP contribution in [0.4, 0.5) is 11.4 Å². The Kier molecular flexibility index (Phi) is 17.5. The highest BCUT2D eigenvalue weighted by atomic mass is 16.5. The van der Waals surface area contributed by atoms with Crippen LogP contribution in [0.25, 0.3) is 22.3 Å². The molecule has 0 aromatic heterocycles. The predicted octanol–water partition coefficient (Wildman–Crippen LogP) is 19.7. The molecular formula is C85H64N2O10. The first-order chi connectivity index (χ1) is 47.0. The monoisotopic (exact) mass is 1270 g/mol. The van der Waals surface area contributed by atoms with Gasteiger partial charge in [0.1, 0.15) is 46.0 Å². The van der Waals surface area contributed by atoms with Crippen LogP contribution in [-0.4, -0.2) is 35.7 Å². The fourth-order valence-electron chi connectivity index (χ4n) is 12.1. The standard InChI is InChI=1S/C85H64N2O10/c1-7-8-12-73-54(3)79-49-59(22-47-76(73)79)81(90)56-16-33-65(34-17-56)95-70-43-28-63(29-44-70)86(52-88)84(93)78-51-72(32-15-53(78)2)97-69-41-26-62(27-42-69)85(5,6)61-24-39-68(40-25-61)94-67-37-20-58(21-38-67)83(92)87(55(4)89)64-30-45-71(46-31-64)96-66-35-18-57(19-36-66)82(91)60-23-48-77-74-13-10-9-11-14-75(74)80(77)50-60/h7-9,11-52H,3,10H2,1-2,4-6H3/b8-7-,73-12+. The normalized spacial score (nSPS) is 13.1. The third-order valence-electron chi connectivity index (χ3n) is 17.6. The van der Waals surface area contributed by atoms with Crippen LogP contribution in [0.15, 0.2) is 274 Å². The molecule has 474 valence electrons. The lowest BCUT2D eigenvalue weighted by Gasteiger charge is -2.27. The van der Waals surface area contributed by atoms with Gasteiger partial charge in [0.25, 0.3) is 11.8 Å². The van der Waals surface area contributed by atoms with Gasteiger partial charge in [-0.2, -0.15) is 0 Å². The van der Waals surface area contributed by atoms with Crippen LogP contribution in [0.2, 0.25) is 0 Å². The van der Waals surface area contributed by atoms with Crippen molar-refractivity contribution in [3.63, 3.8) is 0 Å². The van der Waals surface area contributed by atoms with Crippen LogP contribution in [0.5, 0.6) is 46.0 Å². The van der Waals surface area contributed by atoms with Crippen LogP contribution >= 0.6 is 0 Å². The second-order valence-corrected chi connectivity index (χ2v) is 24.2. The van der Waals surface area contributed by atoms with Crippen LogP contribution in [-0.2, 0) is 15.0 Å². The van der Waals surface area contributed by atoms with E-state index in [0.29, 0.717) is 91.6 Å². The van der Waals surface area contributed by atoms with Gasteiger partial charge in [0, 0.05) is 45.7 Å². The first kappa shape index (κ1) is 63.2. The molecule has 0 bridgehead atoms. The maximum atomic E-state index is 14.0. The number of imide groups is 2. The Morgan fingerprint density at radius 1 is 0.474 bits per heavy atom. The van der Waals surface area contributed by atoms with E-state index < -0.39 is 23.1 Å². The number of aryl methyl sites for hydroxylation is 1. The number of allylic oxidation sites excluding steroid dienone is 11. The lowest BCUT2D eigenvalue weighted by atomic mass is 9.76. The van der Waals surface area contributed by atoms with Crippen molar-refractivity contribution in [2.24, 2.45) is 0 Å². The molecule has 0 N–H and O–H groups in total. The molecule has 10 aromatic rings. The zero-order chi connectivity index (χ0) is 67.5. The average Bonchev–Trinajstić information content (AvgIpc) is 1.53. The second kappa shape index (κ2) is 26.8. The molecule has 13 rings (SSSR count). The van der Waals surface area contributed by atoms with E-state index in [-0.39, 0.29) is 22.7 Å². The first-order valence-corrected chi connectivity index (χ1v) is 31.7. The molecule has 0 heterocycles. The van der Waals surface area contributed by atoms with Gasteiger partial charge in [-0.3, -0.25) is 28.8 Å². The molecule has 97 heavy (non-hydrogen) atoms. The Labute approximate surface area is 562 Å². The van der Waals surface area contributed by atoms with Gasteiger partial charge in [0.05, 0.1) is 11.4 Å². The number of benzene rings is 10. The van der Waals surface area contributed by atoms with E-state index in [4.69, 9.17) is 18.9 Å². The Bertz CT molecular complexity index is 4970. The summed E-state index contributed by atoms with van der Waals surface area (Å²) in [7, 11) is 0. The Morgan fingerprint density at radius 3 is 1.42 bits per heavy atom. The number of anilines is 2. The summed E-state index contributed by atoms with van der Waals surface area (Å²) in [6, 6.07) is 65.8. The molecule has 0 saturated heterocycles. The molecular weight excluding hydrogens is 1210 g/mol. The highest BCUT2D eigenvalue weighted by Crippen LogP contribution is 2.48. The highest BCUT2D eigenvalue weighted by molar-refractivity contribution is 6.22. The van der Waals surface area contributed by atoms with Gasteiger partial charge < -0.3 is 18.9 Å². The van der Waals surface area contributed by atoms with Crippen molar-refractivity contribution >= 4 is 69.4 Å². The number of ketones is 2. The minimum atomic E-state index is -0.535. The fourth-order valence-corrected chi connectivity index (χ4v) is 12.1. The number of hydrogen-bond acceptors (Lipinski definition) is 10. The van der Waals surface area contributed by atoms with E-state index in [1.165, 1.54) is 18.1 Å². The van der Waals surface area contributed by atoms with Gasteiger partial charge in [0.15, 0.2) is 11.6 Å². The zero-order valence-electron chi connectivity index (χ0n) is 53.9.